The Balaban J connectivity index is 1.89. The van der Waals surface area contributed by atoms with Gasteiger partial charge < -0.3 is 9.92 Å². The first-order chi connectivity index (χ1) is 12.6. The highest BCUT2D eigenvalue weighted by Crippen LogP contribution is 2.38. The van der Waals surface area contributed by atoms with Gasteiger partial charge in [-0.3, -0.25) is 4.79 Å². The standard InChI is InChI=1S/C17H11FN4O2S2/c18-10-5-3-9(4-6-10)12-8-11-15(25-12)14(16(19)23)21-22-17(11)20-13-2-1-7-24-26-13/h1-6,8H,7H2,(H2,19,23). The highest BCUT2D eigenvalue weighted by atomic mass is 32.2. The second-order valence-electron chi connectivity index (χ2n) is 5.32. The van der Waals surface area contributed by atoms with Crippen LogP contribution in [0.3, 0.4) is 0 Å². The molecule has 0 atom stereocenters. The van der Waals surface area contributed by atoms with Crippen LogP contribution in [0.4, 0.5) is 10.2 Å². The van der Waals surface area contributed by atoms with E-state index in [1.54, 1.807) is 12.1 Å². The van der Waals surface area contributed by atoms with Crippen molar-refractivity contribution in [3.8, 4) is 10.4 Å². The van der Waals surface area contributed by atoms with E-state index in [1.807, 2.05) is 18.2 Å². The molecule has 2 N–H and O–H groups in total. The van der Waals surface area contributed by atoms with E-state index in [0.29, 0.717) is 27.6 Å². The Morgan fingerprint density at radius 1 is 1.27 bits per heavy atom. The highest BCUT2D eigenvalue weighted by molar-refractivity contribution is 8.10. The van der Waals surface area contributed by atoms with Crippen LogP contribution >= 0.6 is 23.4 Å². The number of amides is 1. The first-order valence-electron chi connectivity index (χ1n) is 7.52. The van der Waals surface area contributed by atoms with Crippen molar-refractivity contribution in [3.05, 3.63) is 54.0 Å². The molecule has 3 aromatic rings. The zero-order chi connectivity index (χ0) is 18.1. The molecule has 3 heterocycles. The number of fused-ring (bicyclic) bond motifs is 1. The number of aromatic nitrogens is 2. The van der Waals surface area contributed by atoms with Crippen molar-refractivity contribution >= 4 is 50.2 Å². The molecule has 4 rings (SSSR count). The Bertz CT molecular complexity index is 1060. The summed E-state index contributed by atoms with van der Waals surface area (Å²) >= 11 is 2.48. The molecule has 0 spiro atoms. The molecular formula is C17H11FN4O2S2. The van der Waals surface area contributed by atoms with Gasteiger partial charge in [0.05, 0.1) is 11.3 Å². The summed E-state index contributed by atoms with van der Waals surface area (Å²) in [6.45, 7) is 0.512. The maximum Gasteiger partial charge on any atom is 0.270 e. The lowest BCUT2D eigenvalue weighted by molar-refractivity contribution is 0.0996. The van der Waals surface area contributed by atoms with Crippen molar-refractivity contribution in [1.82, 2.24) is 10.2 Å². The lowest BCUT2D eigenvalue weighted by Crippen LogP contribution is -2.13. The molecule has 130 valence electrons. The normalized spacial score (nSPS) is 15.7. The van der Waals surface area contributed by atoms with Crippen LogP contribution < -0.4 is 5.73 Å². The van der Waals surface area contributed by atoms with Gasteiger partial charge in [-0.1, -0.05) is 18.2 Å². The molecule has 0 saturated heterocycles. The van der Waals surface area contributed by atoms with Crippen molar-refractivity contribution in [1.29, 1.82) is 0 Å². The van der Waals surface area contributed by atoms with Gasteiger partial charge in [0, 0.05) is 22.3 Å². The van der Waals surface area contributed by atoms with Gasteiger partial charge >= 0.3 is 0 Å². The van der Waals surface area contributed by atoms with Crippen LogP contribution in [0.25, 0.3) is 20.5 Å². The highest BCUT2D eigenvalue weighted by Gasteiger charge is 2.18. The summed E-state index contributed by atoms with van der Waals surface area (Å²) in [5, 5.41) is 9.28. The number of primary amides is 1. The third-order valence-electron chi connectivity index (χ3n) is 3.58. The smallest absolute Gasteiger partial charge is 0.270 e. The fourth-order valence-electron chi connectivity index (χ4n) is 2.40. The number of thiophene rings is 1. The third kappa shape index (κ3) is 3.24. The lowest BCUT2D eigenvalue weighted by Gasteiger charge is -2.05. The van der Waals surface area contributed by atoms with Gasteiger partial charge in [0.25, 0.3) is 5.91 Å². The molecular weight excluding hydrogens is 375 g/mol. The summed E-state index contributed by atoms with van der Waals surface area (Å²) in [7, 11) is 0. The van der Waals surface area contributed by atoms with Crippen LogP contribution in [-0.2, 0) is 4.18 Å². The Labute approximate surface area is 155 Å². The molecule has 1 aliphatic rings. The average molecular weight is 386 g/mol. The van der Waals surface area contributed by atoms with Gasteiger partial charge in [0.15, 0.2) is 11.5 Å². The second-order valence-corrected chi connectivity index (χ2v) is 7.19. The number of nitrogens with two attached hydrogens (primary N) is 1. The van der Waals surface area contributed by atoms with Crippen LogP contribution in [0.2, 0.25) is 0 Å². The van der Waals surface area contributed by atoms with E-state index in [2.05, 4.69) is 15.2 Å². The Morgan fingerprint density at radius 2 is 2.08 bits per heavy atom. The van der Waals surface area contributed by atoms with Crippen molar-refractivity contribution in [2.24, 2.45) is 10.7 Å². The number of rotatable bonds is 3. The van der Waals surface area contributed by atoms with Crippen LogP contribution in [0, 0.1) is 5.82 Å². The topological polar surface area (TPSA) is 90.5 Å². The van der Waals surface area contributed by atoms with Crippen molar-refractivity contribution in [3.63, 3.8) is 0 Å². The zero-order valence-corrected chi connectivity index (χ0v) is 14.8. The zero-order valence-electron chi connectivity index (χ0n) is 13.2. The third-order valence-corrected chi connectivity index (χ3v) is 5.42. The maximum atomic E-state index is 13.2. The fraction of sp³-hybridized carbons (Fsp3) is 0.0588. The summed E-state index contributed by atoms with van der Waals surface area (Å²) in [5.41, 5.74) is 6.33. The number of benzene rings is 1. The number of halogens is 1. The Kier molecular flexibility index (Phi) is 4.49. The number of carbonyl (C=O) groups is 1. The molecule has 1 aliphatic heterocycles. The summed E-state index contributed by atoms with van der Waals surface area (Å²) in [6.07, 6.45) is 3.67. The molecule has 6 nitrogen and oxygen atoms in total. The van der Waals surface area contributed by atoms with E-state index in [1.165, 1.54) is 23.5 Å². The predicted molar refractivity (Wildman–Crippen MR) is 101 cm³/mol. The first-order valence-corrected chi connectivity index (χ1v) is 9.08. The molecule has 2 aromatic heterocycles. The average Bonchev–Trinajstić information content (AvgIpc) is 3.09. The van der Waals surface area contributed by atoms with E-state index >= 15 is 0 Å². The summed E-state index contributed by atoms with van der Waals surface area (Å²) < 4.78 is 19.0. The molecule has 9 heteroatoms. The number of aliphatic imine (C=N–C) groups is 1. The maximum absolute atomic E-state index is 13.2. The fourth-order valence-corrected chi connectivity index (χ4v) is 4.09. The number of hydrogen-bond donors (Lipinski definition) is 1. The van der Waals surface area contributed by atoms with Crippen LogP contribution in [-0.4, -0.2) is 27.8 Å². The summed E-state index contributed by atoms with van der Waals surface area (Å²) in [6, 6.07) is 7.96. The summed E-state index contributed by atoms with van der Waals surface area (Å²) in [4.78, 5) is 17.0. The quantitative estimate of drug-likeness (QED) is 0.690. The monoisotopic (exact) mass is 386 g/mol. The van der Waals surface area contributed by atoms with Crippen LogP contribution in [0.5, 0.6) is 0 Å². The molecule has 0 aliphatic carbocycles. The number of nitrogens with zero attached hydrogens (tertiary/aromatic N) is 3. The molecule has 0 unspecified atom stereocenters. The van der Waals surface area contributed by atoms with Crippen molar-refractivity contribution < 1.29 is 13.4 Å². The van der Waals surface area contributed by atoms with E-state index in [9.17, 15) is 9.18 Å². The SMILES string of the molecule is NC(=O)c1nnc(N=C2C=CCOS2)c2cc(-c3ccc(F)cc3)sc12. The van der Waals surface area contributed by atoms with Gasteiger partial charge in [-0.15, -0.1) is 21.5 Å². The molecule has 0 radical (unpaired) electrons. The van der Waals surface area contributed by atoms with E-state index in [0.717, 1.165) is 22.5 Å². The Hall–Kier alpha value is -2.62. The van der Waals surface area contributed by atoms with Crippen LogP contribution in [0.15, 0.2) is 47.5 Å². The minimum Gasteiger partial charge on any atom is -0.364 e. The minimum absolute atomic E-state index is 0.0883. The van der Waals surface area contributed by atoms with Gasteiger partial charge in [-0.25, -0.2) is 9.38 Å². The molecule has 1 aromatic carbocycles. The number of carbonyl (C=O) groups excluding carboxylic acids is 1. The lowest BCUT2D eigenvalue weighted by atomic mass is 10.1. The molecule has 0 saturated carbocycles. The second kappa shape index (κ2) is 6.94. The van der Waals surface area contributed by atoms with Gasteiger partial charge in [-0.2, -0.15) is 0 Å². The van der Waals surface area contributed by atoms with E-state index < -0.39 is 5.91 Å². The van der Waals surface area contributed by atoms with E-state index in [4.69, 9.17) is 9.92 Å². The minimum atomic E-state index is -0.663. The predicted octanol–water partition coefficient (Wildman–Crippen LogP) is 3.86. The summed E-state index contributed by atoms with van der Waals surface area (Å²) in [5.74, 6) is -0.610. The van der Waals surface area contributed by atoms with Crippen molar-refractivity contribution in [2.45, 2.75) is 0 Å². The Morgan fingerprint density at radius 3 is 2.77 bits per heavy atom. The van der Waals surface area contributed by atoms with Crippen molar-refractivity contribution in [2.75, 3.05) is 6.61 Å². The molecule has 0 bridgehead atoms. The first kappa shape index (κ1) is 16.8. The van der Waals surface area contributed by atoms with Crippen LogP contribution in [0.1, 0.15) is 10.5 Å². The van der Waals surface area contributed by atoms with Gasteiger partial charge in [0.1, 0.15) is 10.9 Å². The van der Waals surface area contributed by atoms with Gasteiger partial charge in [0.2, 0.25) is 0 Å². The molecule has 26 heavy (non-hydrogen) atoms. The molecule has 1 amide bonds. The number of hydrogen-bond acceptors (Lipinski definition) is 7. The largest absolute Gasteiger partial charge is 0.364 e. The van der Waals surface area contributed by atoms with Gasteiger partial charge in [-0.05, 0) is 29.8 Å². The van der Waals surface area contributed by atoms with E-state index in [-0.39, 0.29) is 11.5 Å². The molecule has 0 fully saturated rings.